The van der Waals surface area contributed by atoms with Gasteiger partial charge in [-0.2, -0.15) is 0 Å². The summed E-state index contributed by atoms with van der Waals surface area (Å²) in [6, 6.07) is 34.2. The fourth-order valence-electron chi connectivity index (χ4n) is 6.47. The molecule has 0 saturated heterocycles. The van der Waals surface area contributed by atoms with Crippen LogP contribution in [-0.2, 0) is 18.3 Å². The molecule has 1 aliphatic carbocycles. The van der Waals surface area contributed by atoms with Crippen LogP contribution in [0.15, 0.2) is 97.1 Å². The Morgan fingerprint density at radius 2 is 0.872 bits per heavy atom. The van der Waals surface area contributed by atoms with Gasteiger partial charge in [0.1, 0.15) is 12.6 Å². The third-order valence-electron chi connectivity index (χ3n) is 8.55. The highest BCUT2D eigenvalue weighted by atomic mass is 16.1. The van der Waals surface area contributed by atoms with Gasteiger partial charge in [-0.05, 0) is 71.9 Å². The summed E-state index contributed by atoms with van der Waals surface area (Å²) in [5.74, 6) is 0. The Balaban J connectivity index is 1.24. The third-order valence-corrected chi connectivity index (χ3v) is 8.55. The minimum absolute atomic E-state index is 0.0877. The summed E-state index contributed by atoms with van der Waals surface area (Å²) in [6.45, 7) is 0. The molecule has 0 saturated carbocycles. The van der Waals surface area contributed by atoms with Crippen molar-refractivity contribution in [3.8, 4) is 11.1 Å². The molecule has 0 radical (unpaired) electrons. The number of aldehydes is 2. The van der Waals surface area contributed by atoms with Gasteiger partial charge in [0, 0.05) is 16.5 Å². The highest BCUT2D eigenvalue weighted by Crippen LogP contribution is 2.54. The lowest BCUT2D eigenvalue weighted by Gasteiger charge is -2.33. The molecule has 0 heterocycles. The second-order valence-electron chi connectivity index (χ2n) is 11.0. The molecule has 198 valence electrons. The first-order chi connectivity index (χ1) is 19.2. The zero-order valence-corrected chi connectivity index (χ0v) is 22.8. The van der Waals surface area contributed by atoms with Crippen LogP contribution in [0.4, 0.5) is 0 Å². The maximum Gasteiger partial charge on any atom is 0.150 e. The van der Waals surface area contributed by atoms with E-state index in [0.29, 0.717) is 0 Å². The Labute approximate surface area is 233 Å². The van der Waals surface area contributed by atoms with Gasteiger partial charge in [0.15, 0.2) is 0 Å². The van der Waals surface area contributed by atoms with Crippen LogP contribution in [0.5, 0.6) is 0 Å². The summed E-state index contributed by atoms with van der Waals surface area (Å²) in [5, 5.41) is 0. The normalized spacial score (nSPS) is 13.0. The Morgan fingerprint density at radius 1 is 0.462 bits per heavy atom. The van der Waals surface area contributed by atoms with Crippen molar-refractivity contribution in [3.05, 3.63) is 130 Å². The number of aryl methyl sites for hydroxylation is 2. The molecule has 0 bridgehead atoms. The molecule has 2 heteroatoms. The van der Waals surface area contributed by atoms with E-state index >= 15 is 0 Å². The number of carbonyl (C=O) groups is 2. The van der Waals surface area contributed by atoms with Gasteiger partial charge >= 0.3 is 0 Å². The van der Waals surface area contributed by atoms with Crippen molar-refractivity contribution in [2.45, 2.75) is 69.6 Å². The van der Waals surface area contributed by atoms with E-state index in [-0.39, 0.29) is 5.41 Å². The summed E-state index contributed by atoms with van der Waals surface area (Å²) in [5.41, 5.74) is 10.1. The lowest BCUT2D eigenvalue weighted by atomic mass is 9.70. The molecule has 0 amide bonds. The van der Waals surface area contributed by atoms with Crippen LogP contribution < -0.4 is 0 Å². The molecule has 4 aromatic rings. The average Bonchev–Trinajstić information content (AvgIpc) is 3.27. The monoisotopic (exact) mass is 514 g/mol. The SMILES string of the molecule is O=Cc1ccc(CCCCCC2(CCCCCc3ccc(C=O)cc3)c3ccccc3-c3ccccc32)cc1. The van der Waals surface area contributed by atoms with Crippen LogP contribution in [0.1, 0.15) is 94.3 Å². The number of hydrogen-bond donors (Lipinski definition) is 0. The Hall–Kier alpha value is -3.78. The number of fused-ring (bicyclic) bond motifs is 3. The molecule has 1 aliphatic rings. The molecule has 2 nitrogen and oxygen atoms in total. The van der Waals surface area contributed by atoms with Gasteiger partial charge in [0.25, 0.3) is 0 Å². The zero-order valence-electron chi connectivity index (χ0n) is 22.8. The second kappa shape index (κ2) is 12.8. The van der Waals surface area contributed by atoms with Crippen LogP contribution in [0.3, 0.4) is 0 Å². The summed E-state index contributed by atoms with van der Waals surface area (Å²) in [6.07, 6.45) is 13.5. The lowest BCUT2D eigenvalue weighted by Crippen LogP contribution is -2.25. The van der Waals surface area contributed by atoms with E-state index in [9.17, 15) is 9.59 Å². The lowest BCUT2D eigenvalue weighted by molar-refractivity contribution is 0.111. The quantitative estimate of drug-likeness (QED) is 0.124. The molecule has 0 spiro atoms. The van der Waals surface area contributed by atoms with Gasteiger partial charge in [0.05, 0.1) is 0 Å². The predicted molar refractivity (Wildman–Crippen MR) is 161 cm³/mol. The van der Waals surface area contributed by atoms with Crippen molar-refractivity contribution >= 4 is 12.6 Å². The number of unbranched alkanes of at least 4 members (excludes halogenated alkanes) is 4. The van der Waals surface area contributed by atoms with E-state index in [1.165, 1.54) is 84.7 Å². The Morgan fingerprint density at radius 3 is 1.28 bits per heavy atom. The van der Waals surface area contributed by atoms with Crippen molar-refractivity contribution in [1.82, 2.24) is 0 Å². The molecule has 4 aromatic carbocycles. The van der Waals surface area contributed by atoms with Gasteiger partial charge < -0.3 is 0 Å². The molecule has 5 rings (SSSR count). The molecule has 0 aliphatic heterocycles. The highest BCUT2D eigenvalue weighted by molar-refractivity contribution is 5.81. The van der Waals surface area contributed by atoms with Crippen molar-refractivity contribution in [1.29, 1.82) is 0 Å². The first kappa shape index (κ1) is 26.8. The number of benzene rings is 4. The minimum Gasteiger partial charge on any atom is -0.298 e. The molecular weight excluding hydrogens is 476 g/mol. The standard InChI is InChI=1S/C37H38O2/c38-27-31-21-17-29(18-22-31)11-3-1-9-25-37(26-10-2-4-12-30-19-23-32(28-39)24-20-30)35-15-7-5-13-33(35)34-14-6-8-16-36(34)37/h5-8,13-24,27-28H,1-4,9-12,25-26H2. The molecule has 0 N–H and O–H groups in total. The van der Waals surface area contributed by atoms with Crippen molar-refractivity contribution in [2.24, 2.45) is 0 Å². The van der Waals surface area contributed by atoms with E-state index in [2.05, 4.69) is 72.8 Å². The summed E-state index contributed by atoms with van der Waals surface area (Å²) in [4.78, 5) is 21.9. The smallest absolute Gasteiger partial charge is 0.150 e. The van der Waals surface area contributed by atoms with Crippen LogP contribution in [-0.4, -0.2) is 12.6 Å². The van der Waals surface area contributed by atoms with E-state index in [1.54, 1.807) is 0 Å². The van der Waals surface area contributed by atoms with Crippen LogP contribution in [0.2, 0.25) is 0 Å². The molecule has 0 fully saturated rings. The van der Waals surface area contributed by atoms with E-state index in [4.69, 9.17) is 0 Å². The van der Waals surface area contributed by atoms with Gasteiger partial charge in [-0.3, -0.25) is 9.59 Å². The van der Waals surface area contributed by atoms with Gasteiger partial charge in [-0.1, -0.05) is 123 Å². The van der Waals surface area contributed by atoms with Crippen molar-refractivity contribution < 1.29 is 9.59 Å². The highest BCUT2D eigenvalue weighted by Gasteiger charge is 2.41. The topological polar surface area (TPSA) is 34.1 Å². The van der Waals surface area contributed by atoms with Gasteiger partial charge in [-0.15, -0.1) is 0 Å². The Kier molecular flexibility index (Phi) is 8.83. The zero-order chi connectivity index (χ0) is 26.9. The summed E-state index contributed by atoms with van der Waals surface area (Å²) >= 11 is 0. The van der Waals surface area contributed by atoms with Gasteiger partial charge in [0.2, 0.25) is 0 Å². The fraction of sp³-hybridized carbons (Fsp3) is 0.297. The molecule has 0 atom stereocenters. The first-order valence-corrected chi connectivity index (χ1v) is 14.5. The predicted octanol–water partition coefficient (Wildman–Crippen LogP) is 9.18. The summed E-state index contributed by atoms with van der Waals surface area (Å²) < 4.78 is 0. The van der Waals surface area contributed by atoms with Crippen molar-refractivity contribution in [2.75, 3.05) is 0 Å². The molecular formula is C37H38O2. The maximum atomic E-state index is 10.9. The molecule has 39 heavy (non-hydrogen) atoms. The van der Waals surface area contributed by atoms with E-state index < -0.39 is 0 Å². The maximum absolute atomic E-state index is 10.9. The van der Waals surface area contributed by atoms with Crippen LogP contribution >= 0.6 is 0 Å². The van der Waals surface area contributed by atoms with E-state index in [1.807, 2.05) is 24.3 Å². The van der Waals surface area contributed by atoms with Crippen LogP contribution in [0, 0.1) is 0 Å². The summed E-state index contributed by atoms with van der Waals surface area (Å²) in [7, 11) is 0. The molecule has 0 unspecified atom stereocenters. The third kappa shape index (κ3) is 6.11. The van der Waals surface area contributed by atoms with Gasteiger partial charge in [-0.25, -0.2) is 0 Å². The minimum atomic E-state index is 0.0877. The first-order valence-electron chi connectivity index (χ1n) is 14.5. The van der Waals surface area contributed by atoms with E-state index in [0.717, 1.165) is 36.5 Å². The van der Waals surface area contributed by atoms with Crippen molar-refractivity contribution in [3.63, 3.8) is 0 Å². The second-order valence-corrected chi connectivity index (χ2v) is 11.0. The largest absolute Gasteiger partial charge is 0.298 e. The Bertz CT molecular complexity index is 1270. The number of rotatable bonds is 14. The number of carbonyl (C=O) groups excluding carboxylic acids is 2. The molecule has 0 aromatic heterocycles. The fourth-order valence-corrected chi connectivity index (χ4v) is 6.47. The number of hydrogen-bond acceptors (Lipinski definition) is 2. The van der Waals surface area contributed by atoms with Crippen LogP contribution in [0.25, 0.3) is 11.1 Å². The average molecular weight is 515 g/mol.